The molecule has 0 radical (unpaired) electrons. The minimum absolute atomic E-state index is 0.0164. The summed E-state index contributed by atoms with van der Waals surface area (Å²) >= 11 is 0. The minimum atomic E-state index is -2.99. The smallest absolute Gasteiger partial charge is 0.308 e. The Kier molecular flexibility index (Phi) is 9.23. The first-order valence-corrected chi connectivity index (χ1v) is 9.25. The van der Waals surface area contributed by atoms with Gasteiger partial charge in [0.15, 0.2) is 0 Å². The Bertz CT molecular complexity index is 277. The van der Waals surface area contributed by atoms with Gasteiger partial charge in [-0.2, -0.15) is 0 Å². The summed E-state index contributed by atoms with van der Waals surface area (Å²) in [6.07, 6.45) is 2.63. The van der Waals surface area contributed by atoms with E-state index in [2.05, 4.69) is 27.7 Å². The van der Waals surface area contributed by atoms with Crippen molar-refractivity contribution in [2.45, 2.75) is 79.5 Å². The molecule has 0 heterocycles. The summed E-state index contributed by atoms with van der Waals surface area (Å²) in [4.78, 5) is 0. The van der Waals surface area contributed by atoms with Gasteiger partial charge in [0.2, 0.25) is 0 Å². The van der Waals surface area contributed by atoms with Crippen LogP contribution in [0.1, 0.15) is 67.7 Å². The van der Waals surface area contributed by atoms with Crippen LogP contribution in [0.3, 0.4) is 0 Å². The molecule has 3 nitrogen and oxygen atoms in total. The van der Waals surface area contributed by atoms with Gasteiger partial charge in [-0.15, -0.1) is 0 Å². The van der Waals surface area contributed by atoms with Crippen molar-refractivity contribution in [2.75, 3.05) is 6.61 Å². The Morgan fingerprint density at radius 1 is 0.947 bits per heavy atom. The minimum Gasteiger partial charge on any atom is -0.308 e. The third-order valence-electron chi connectivity index (χ3n) is 2.96. The van der Waals surface area contributed by atoms with E-state index in [1.165, 1.54) is 0 Å². The van der Waals surface area contributed by atoms with E-state index < -0.39 is 7.60 Å². The lowest BCUT2D eigenvalue weighted by Crippen LogP contribution is -2.18. The average Bonchev–Trinajstić information content (AvgIpc) is 2.24. The van der Waals surface area contributed by atoms with Crippen LogP contribution in [0, 0.1) is 11.8 Å². The van der Waals surface area contributed by atoms with Gasteiger partial charge in [-0.3, -0.25) is 4.57 Å². The lowest BCUT2D eigenvalue weighted by molar-refractivity contribution is 0.136. The van der Waals surface area contributed by atoms with Crippen LogP contribution in [0.25, 0.3) is 0 Å². The van der Waals surface area contributed by atoms with Gasteiger partial charge in [0.25, 0.3) is 0 Å². The van der Waals surface area contributed by atoms with E-state index in [9.17, 15) is 4.57 Å². The van der Waals surface area contributed by atoms with Crippen LogP contribution >= 0.6 is 7.60 Å². The molecule has 0 aromatic rings. The van der Waals surface area contributed by atoms with Gasteiger partial charge in [0, 0.05) is 0 Å². The van der Waals surface area contributed by atoms with Crippen LogP contribution in [0.15, 0.2) is 0 Å². The molecule has 0 aromatic carbocycles. The molecule has 116 valence electrons. The van der Waals surface area contributed by atoms with Gasteiger partial charge in [-0.1, -0.05) is 41.5 Å². The Labute approximate surface area is 120 Å². The number of hydrogen-bond acceptors (Lipinski definition) is 3. The van der Waals surface area contributed by atoms with Gasteiger partial charge >= 0.3 is 7.60 Å². The molecule has 0 rings (SSSR count). The lowest BCUT2D eigenvalue weighted by Gasteiger charge is -2.28. The van der Waals surface area contributed by atoms with Crippen molar-refractivity contribution in [3.63, 3.8) is 0 Å². The zero-order valence-electron chi connectivity index (χ0n) is 13.8. The van der Waals surface area contributed by atoms with E-state index in [1.54, 1.807) is 0 Å². The summed E-state index contributed by atoms with van der Waals surface area (Å²) in [6.45, 7) is 15.1. The Hall–Kier alpha value is 0.150. The largest absolute Gasteiger partial charge is 0.333 e. The summed E-state index contributed by atoms with van der Waals surface area (Å²) in [6, 6.07) is 0. The van der Waals surface area contributed by atoms with Gasteiger partial charge in [0.1, 0.15) is 0 Å². The fraction of sp³-hybridized carbons (Fsp3) is 1.00. The first-order valence-electron chi connectivity index (χ1n) is 7.63. The molecule has 4 heteroatoms. The molecule has 0 N–H and O–H groups in total. The normalized spacial score (nSPS) is 18.6. The molecule has 0 aliphatic heterocycles. The highest BCUT2D eigenvalue weighted by Crippen LogP contribution is 2.56. The topological polar surface area (TPSA) is 35.5 Å². The molecule has 0 aliphatic carbocycles. The van der Waals surface area contributed by atoms with Crippen LogP contribution in [0.5, 0.6) is 0 Å². The molecule has 0 saturated carbocycles. The van der Waals surface area contributed by atoms with Gasteiger partial charge in [-0.05, 0) is 38.0 Å². The van der Waals surface area contributed by atoms with Crippen molar-refractivity contribution in [3.8, 4) is 0 Å². The second-order valence-electron chi connectivity index (χ2n) is 6.40. The molecule has 0 aliphatic rings. The highest BCUT2D eigenvalue weighted by Gasteiger charge is 2.34. The van der Waals surface area contributed by atoms with Crippen LogP contribution in [-0.4, -0.2) is 18.4 Å². The molecular formula is C15H33O3P. The van der Waals surface area contributed by atoms with E-state index in [0.29, 0.717) is 18.4 Å². The molecule has 0 saturated heterocycles. The van der Waals surface area contributed by atoms with Gasteiger partial charge in [-0.25, -0.2) is 0 Å². The molecule has 0 amide bonds. The van der Waals surface area contributed by atoms with Crippen molar-refractivity contribution in [2.24, 2.45) is 11.8 Å². The van der Waals surface area contributed by atoms with Crippen molar-refractivity contribution < 1.29 is 13.6 Å². The Morgan fingerprint density at radius 2 is 1.47 bits per heavy atom. The number of hydrogen-bond donors (Lipinski definition) is 0. The average molecular weight is 292 g/mol. The second kappa shape index (κ2) is 9.15. The first kappa shape index (κ1) is 19.1. The number of rotatable bonds is 10. The zero-order chi connectivity index (χ0) is 15.1. The highest BCUT2D eigenvalue weighted by atomic mass is 31.2. The fourth-order valence-corrected chi connectivity index (χ4v) is 4.48. The van der Waals surface area contributed by atoms with Crippen LogP contribution < -0.4 is 0 Å². The molecule has 0 spiro atoms. The zero-order valence-corrected chi connectivity index (χ0v) is 14.7. The van der Waals surface area contributed by atoms with Crippen molar-refractivity contribution in [1.29, 1.82) is 0 Å². The maximum atomic E-state index is 13.0. The van der Waals surface area contributed by atoms with Crippen LogP contribution in [0.2, 0.25) is 0 Å². The molecule has 3 atom stereocenters. The standard InChI is InChI=1S/C15H33O3P/c1-8-9-17-19(16,15(7)11-13(4)5)18-14(6)10-12(2)3/h12-15H,8-11H2,1-7H3. The summed E-state index contributed by atoms with van der Waals surface area (Å²) in [5.41, 5.74) is -0.0336. The van der Waals surface area contributed by atoms with Crippen molar-refractivity contribution >= 4 is 7.60 Å². The van der Waals surface area contributed by atoms with Gasteiger partial charge in [0.05, 0.1) is 18.4 Å². The SMILES string of the molecule is CCCOP(=O)(OC(C)CC(C)C)C(C)CC(C)C. The Morgan fingerprint density at radius 3 is 1.89 bits per heavy atom. The Balaban J connectivity index is 4.71. The molecular weight excluding hydrogens is 259 g/mol. The van der Waals surface area contributed by atoms with E-state index in [1.807, 2.05) is 20.8 Å². The predicted octanol–water partition coefficient (Wildman–Crippen LogP) is 5.49. The van der Waals surface area contributed by atoms with Crippen LogP contribution in [0.4, 0.5) is 0 Å². The predicted molar refractivity (Wildman–Crippen MR) is 82.8 cm³/mol. The van der Waals surface area contributed by atoms with E-state index >= 15 is 0 Å². The quantitative estimate of drug-likeness (QED) is 0.499. The van der Waals surface area contributed by atoms with E-state index in [0.717, 1.165) is 19.3 Å². The van der Waals surface area contributed by atoms with Gasteiger partial charge < -0.3 is 9.05 Å². The lowest BCUT2D eigenvalue weighted by atomic mass is 10.1. The van der Waals surface area contributed by atoms with E-state index in [4.69, 9.17) is 9.05 Å². The fourth-order valence-electron chi connectivity index (χ4n) is 2.25. The third kappa shape index (κ3) is 8.12. The maximum absolute atomic E-state index is 13.0. The summed E-state index contributed by atoms with van der Waals surface area (Å²) < 4.78 is 24.4. The summed E-state index contributed by atoms with van der Waals surface area (Å²) in [7, 11) is -2.99. The molecule has 0 bridgehead atoms. The molecule has 19 heavy (non-hydrogen) atoms. The molecule has 0 fully saturated rings. The summed E-state index contributed by atoms with van der Waals surface area (Å²) in [5.74, 6) is 1.03. The molecule has 0 aromatic heterocycles. The van der Waals surface area contributed by atoms with Crippen molar-refractivity contribution in [3.05, 3.63) is 0 Å². The first-order chi connectivity index (χ1) is 8.71. The highest BCUT2D eigenvalue weighted by molar-refractivity contribution is 7.54. The maximum Gasteiger partial charge on any atom is 0.333 e. The monoisotopic (exact) mass is 292 g/mol. The summed E-state index contributed by atoms with van der Waals surface area (Å²) in [5, 5.41) is 0. The molecule has 3 unspecified atom stereocenters. The van der Waals surface area contributed by atoms with Crippen molar-refractivity contribution in [1.82, 2.24) is 0 Å². The second-order valence-corrected chi connectivity index (χ2v) is 8.83. The van der Waals surface area contributed by atoms with E-state index in [-0.39, 0.29) is 11.8 Å². The van der Waals surface area contributed by atoms with Crippen LogP contribution in [-0.2, 0) is 13.6 Å². The third-order valence-corrected chi connectivity index (χ3v) is 5.44.